The molecule has 10 heteroatoms. The number of ether oxygens (including phenoxy) is 1. The molecule has 0 aliphatic carbocycles. The van der Waals surface area contributed by atoms with Crippen LogP contribution in [0.1, 0.15) is 15.9 Å². The molecule has 1 aliphatic rings. The van der Waals surface area contributed by atoms with Crippen molar-refractivity contribution in [3.8, 4) is 0 Å². The highest BCUT2D eigenvalue weighted by Gasteiger charge is 2.45. The summed E-state index contributed by atoms with van der Waals surface area (Å²) in [5.74, 6) is -0.578. The third-order valence-corrected chi connectivity index (χ3v) is 6.05. The van der Waals surface area contributed by atoms with E-state index in [1.165, 1.54) is 12.1 Å². The van der Waals surface area contributed by atoms with Gasteiger partial charge in [-0.3, -0.25) is 8.98 Å². The van der Waals surface area contributed by atoms with Gasteiger partial charge in [-0.2, -0.15) is 8.42 Å². The fraction of sp³-hybridized carbons (Fsp3) is 0.350. The minimum atomic E-state index is -4.13. The Morgan fingerprint density at radius 2 is 1.67 bits per heavy atom. The summed E-state index contributed by atoms with van der Waals surface area (Å²) in [6.07, 6.45) is -6.24. The number of nitrogens with one attached hydrogen (secondary N) is 1. The van der Waals surface area contributed by atoms with Crippen LogP contribution < -0.4 is 5.32 Å². The largest absolute Gasteiger partial charge is 0.388 e. The van der Waals surface area contributed by atoms with Gasteiger partial charge in [-0.25, -0.2) is 0 Å². The number of hydrogen-bond donors (Lipinski definition) is 4. The predicted molar refractivity (Wildman–Crippen MR) is 105 cm³/mol. The molecular weight excluding hydrogens is 414 g/mol. The minimum absolute atomic E-state index is 0.0764. The van der Waals surface area contributed by atoms with E-state index in [-0.39, 0.29) is 4.90 Å². The standard InChI is InChI=1S/C20H23NO8S/c1-12-7-9-14(10-8-12)30(26,27)28-11-15-17(22)18(23)16(20(25)29-15)21-19(24)13-5-3-2-4-6-13/h2-10,15-18,20,22-23,25H,11H2,1H3,(H,21,24)/t15-,16-,17+,18-,20-/m1/s1. The lowest BCUT2D eigenvalue weighted by molar-refractivity contribution is -0.250. The number of amides is 1. The highest BCUT2D eigenvalue weighted by atomic mass is 32.2. The molecule has 1 saturated heterocycles. The van der Waals surface area contributed by atoms with Crippen LogP contribution >= 0.6 is 0 Å². The number of benzene rings is 2. The van der Waals surface area contributed by atoms with Crippen LogP contribution in [0.2, 0.25) is 0 Å². The topological polar surface area (TPSA) is 142 Å². The lowest BCUT2D eigenvalue weighted by Gasteiger charge is -2.40. The van der Waals surface area contributed by atoms with E-state index in [0.717, 1.165) is 5.56 Å². The van der Waals surface area contributed by atoms with E-state index < -0.39 is 53.3 Å². The molecule has 1 fully saturated rings. The van der Waals surface area contributed by atoms with Crippen LogP contribution in [0, 0.1) is 6.92 Å². The molecule has 0 radical (unpaired) electrons. The predicted octanol–water partition coefficient (Wildman–Crippen LogP) is -0.0621. The van der Waals surface area contributed by atoms with Crippen molar-refractivity contribution < 1.29 is 37.5 Å². The molecule has 2 aromatic carbocycles. The summed E-state index contributed by atoms with van der Waals surface area (Å²) >= 11 is 0. The summed E-state index contributed by atoms with van der Waals surface area (Å²) in [4.78, 5) is 12.2. The first kappa shape index (κ1) is 22.3. The van der Waals surface area contributed by atoms with Gasteiger partial charge in [-0.05, 0) is 31.2 Å². The monoisotopic (exact) mass is 437 g/mol. The van der Waals surface area contributed by atoms with E-state index in [0.29, 0.717) is 5.56 Å². The van der Waals surface area contributed by atoms with Crippen molar-refractivity contribution in [3.63, 3.8) is 0 Å². The third-order valence-electron chi connectivity index (χ3n) is 4.75. The van der Waals surface area contributed by atoms with Gasteiger partial charge in [-0.1, -0.05) is 35.9 Å². The zero-order valence-electron chi connectivity index (χ0n) is 16.1. The molecule has 1 aliphatic heterocycles. The van der Waals surface area contributed by atoms with Gasteiger partial charge in [-0.15, -0.1) is 0 Å². The van der Waals surface area contributed by atoms with Gasteiger partial charge < -0.3 is 25.4 Å². The molecule has 30 heavy (non-hydrogen) atoms. The van der Waals surface area contributed by atoms with Crippen LogP contribution in [0.4, 0.5) is 0 Å². The van der Waals surface area contributed by atoms with Gasteiger partial charge in [0.05, 0.1) is 11.5 Å². The van der Waals surface area contributed by atoms with Gasteiger partial charge >= 0.3 is 0 Å². The van der Waals surface area contributed by atoms with Gasteiger partial charge in [0.1, 0.15) is 24.4 Å². The highest BCUT2D eigenvalue weighted by Crippen LogP contribution is 2.22. The molecule has 162 valence electrons. The van der Waals surface area contributed by atoms with E-state index in [9.17, 15) is 28.5 Å². The van der Waals surface area contributed by atoms with E-state index in [1.54, 1.807) is 49.4 Å². The number of carbonyl (C=O) groups excluding carboxylic acids is 1. The SMILES string of the molecule is Cc1ccc(S(=O)(=O)OC[C@H]2O[C@@H](O)[C@H](NC(=O)c3ccccc3)[C@@H](O)[C@H]2O)cc1. The second-order valence-corrected chi connectivity index (χ2v) is 8.58. The molecule has 0 aromatic heterocycles. The quantitative estimate of drug-likeness (QED) is 0.461. The molecule has 0 saturated carbocycles. The van der Waals surface area contributed by atoms with E-state index >= 15 is 0 Å². The maximum absolute atomic E-state index is 12.3. The average Bonchev–Trinajstić information content (AvgIpc) is 2.73. The number of aliphatic hydroxyl groups excluding tert-OH is 3. The zero-order valence-corrected chi connectivity index (χ0v) is 16.9. The van der Waals surface area contributed by atoms with Crippen molar-refractivity contribution in [1.82, 2.24) is 5.32 Å². The number of rotatable bonds is 6. The Balaban J connectivity index is 1.63. The fourth-order valence-corrected chi connectivity index (χ4v) is 3.91. The lowest BCUT2D eigenvalue weighted by atomic mass is 9.97. The normalized spacial score (nSPS) is 26.9. The molecule has 3 rings (SSSR count). The first-order chi connectivity index (χ1) is 14.2. The van der Waals surface area contributed by atoms with Crippen molar-refractivity contribution in [3.05, 3.63) is 65.7 Å². The molecule has 2 aromatic rings. The first-order valence-corrected chi connectivity index (χ1v) is 10.6. The molecule has 1 heterocycles. The van der Waals surface area contributed by atoms with Crippen LogP contribution in [0.5, 0.6) is 0 Å². The first-order valence-electron chi connectivity index (χ1n) is 9.21. The van der Waals surface area contributed by atoms with E-state index in [2.05, 4.69) is 5.32 Å². The third kappa shape index (κ3) is 5.04. The number of carbonyl (C=O) groups is 1. The zero-order chi connectivity index (χ0) is 21.9. The Hall–Kier alpha value is -2.34. The van der Waals surface area contributed by atoms with Crippen molar-refractivity contribution in [2.24, 2.45) is 0 Å². The minimum Gasteiger partial charge on any atom is -0.388 e. The Kier molecular flexibility index (Phi) is 6.86. The number of hydrogen-bond acceptors (Lipinski definition) is 8. The van der Waals surface area contributed by atoms with Crippen molar-refractivity contribution in [2.75, 3.05) is 6.61 Å². The van der Waals surface area contributed by atoms with Crippen molar-refractivity contribution >= 4 is 16.0 Å². The maximum atomic E-state index is 12.3. The van der Waals surface area contributed by atoms with Crippen LogP contribution in [-0.4, -0.2) is 66.9 Å². The Bertz CT molecular complexity index is 964. The van der Waals surface area contributed by atoms with Gasteiger partial charge in [0.2, 0.25) is 0 Å². The van der Waals surface area contributed by atoms with Crippen molar-refractivity contribution in [2.45, 2.75) is 42.5 Å². The van der Waals surface area contributed by atoms with Crippen LogP contribution in [0.3, 0.4) is 0 Å². The molecule has 4 N–H and O–H groups in total. The Labute approximate surface area is 174 Å². The smallest absolute Gasteiger partial charge is 0.297 e. The van der Waals surface area contributed by atoms with Gasteiger partial charge in [0.15, 0.2) is 6.29 Å². The van der Waals surface area contributed by atoms with E-state index in [4.69, 9.17) is 8.92 Å². The molecule has 0 spiro atoms. The second kappa shape index (κ2) is 9.21. The average molecular weight is 437 g/mol. The summed E-state index contributed by atoms with van der Waals surface area (Å²) in [5, 5.41) is 33.2. The summed E-state index contributed by atoms with van der Waals surface area (Å²) < 4.78 is 34.7. The van der Waals surface area contributed by atoms with Crippen LogP contribution in [-0.2, 0) is 19.0 Å². The molecule has 0 bridgehead atoms. The molecule has 0 unspecified atom stereocenters. The number of aliphatic hydroxyl groups is 3. The molecular formula is C20H23NO8S. The summed E-state index contributed by atoms with van der Waals surface area (Å²) in [5.41, 5.74) is 1.16. The number of aryl methyl sites for hydroxylation is 1. The van der Waals surface area contributed by atoms with Crippen molar-refractivity contribution in [1.29, 1.82) is 0 Å². The van der Waals surface area contributed by atoms with Crippen LogP contribution in [0.25, 0.3) is 0 Å². The van der Waals surface area contributed by atoms with E-state index in [1.807, 2.05) is 0 Å². The summed E-state index contributed by atoms with van der Waals surface area (Å²) in [6, 6.07) is 12.8. The summed E-state index contributed by atoms with van der Waals surface area (Å²) in [7, 11) is -4.13. The van der Waals surface area contributed by atoms with Gasteiger partial charge in [0, 0.05) is 5.56 Å². The van der Waals surface area contributed by atoms with Gasteiger partial charge in [0.25, 0.3) is 16.0 Å². The molecule has 1 amide bonds. The molecule has 9 nitrogen and oxygen atoms in total. The second-order valence-electron chi connectivity index (χ2n) is 6.96. The maximum Gasteiger partial charge on any atom is 0.297 e. The molecule has 5 atom stereocenters. The summed E-state index contributed by atoms with van der Waals surface area (Å²) in [6.45, 7) is 1.17. The fourth-order valence-electron chi connectivity index (χ4n) is 2.99. The van der Waals surface area contributed by atoms with Crippen LogP contribution in [0.15, 0.2) is 59.5 Å². The Morgan fingerprint density at radius 3 is 2.30 bits per heavy atom. The lowest BCUT2D eigenvalue weighted by Crippen LogP contribution is -2.64. The Morgan fingerprint density at radius 1 is 1.03 bits per heavy atom. The highest BCUT2D eigenvalue weighted by molar-refractivity contribution is 7.86.